The lowest BCUT2D eigenvalue weighted by molar-refractivity contribution is 0.374. The molecule has 0 aliphatic carbocycles. The number of pyridine rings is 1. The van der Waals surface area contributed by atoms with Crippen LogP contribution in [-0.4, -0.2) is 12.1 Å². The number of nitrogens with two attached hydrogens (primary N) is 1. The number of aryl methyl sites for hydroxylation is 2. The van der Waals surface area contributed by atoms with Crippen molar-refractivity contribution in [2.75, 3.05) is 12.8 Å². The summed E-state index contributed by atoms with van der Waals surface area (Å²) >= 11 is 0. The minimum atomic E-state index is 0.405. The Labute approximate surface area is 113 Å². The number of ether oxygens (including phenoxy) is 2. The maximum Gasteiger partial charge on any atom is 0.243 e. The lowest BCUT2D eigenvalue weighted by Gasteiger charge is -2.12. The molecule has 0 spiro atoms. The summed E-state index contributed by atoms with van der Waals surface area (Å²) in [6.45, 7) is 4.01. The van der Waals surface area contributed by atoms with E-state index in [0.29, 0.717) is 23.1 Å². The van der Waals surface area contributed by atoms with Crippen molar-refractivity contribution in [3.8, 4) is 17.4 Å². The van der Waals surface area contributed by atoms with Gasteiger partial charge in [-0.3, -0.25) is 0 Å². The summed E-state index contributed by atoms with van der Waals surface area (Å²) in [5.41, 5.74) is 8.62. The fourth-order valence-electron chi connectivity index (χ4n) is 1.75. The van der Waals surface area contributed by atoms with E-state index in [4.69, 9.17) is 15.2 Å². The monoisotopic (exact) mass is 258 g/mol. The van der Waals surface area contributed by atoms with Gasteiger partial charge >= 0.3 is 0 Å². The first kappa shape index (κ1) is 13.2. The highest BCUT2D eigenvalue weighted by atomic mass is 16.5. The molecular weight excluding hydrogens is 240 g/mol. The van der Waals surface area contributed by atoms with Crippen LogP contribution in [0.15, 0.2) is 30.5 Å². The van der Waals surface area contributed by atoms with Crippen LogP contribution in [-0.2, 0) is 6.42 Å². The lowest BCUT2D eigenvalue weighted by Crippen LogP contribution is -1.99. The Bertz CT molecular complexity index is 582. The lowest BCUT2D eigenvalue weighted by atomic mass is 10.1. The van der Waals surface area contributed by atoms with E-state index in [2.05, 4.69) is 11.9 Å². The van der Waals surface area contributed by atoms with Gasteiger partial charge < -0.3 is 15.2 Å². The minimum absolute atomic E-state index is 0.405. The average Bonchev–Trinajstić information content (AvgIpc) is 2.44. The Morgan fingerprint density at radius 1 is 1.21 bits per heavy atom. The molecule has 2 N–H and O–H groups in total. The van der Waals surface area contributed by atoms with Gasteiger partial charge in [-0.15, -0.1) is 0 Å². The number of hydrogen-bond donors (Lipinski definition) is 1. The summed E-state index contributed by atoms with van der Waals surface area (Å²) in [6, 6.07) is 7.69. The smallest absolute Gasteiger partial charge is 0.243 e. The van der Waals surface area contributed by atoms with Gasteiger partial charge in [0.1, 0.15) is 0 Å². The predicted octanol–water partition coefficient (Wildman–Crippen LogP) is 3.34. The zero-order chi connectivity index (χ0) is 13.8. The van der Waals surface area contributed by atoms with Crippen molar-refractivity contribution in [1.29, 1.82) is 0 Å². The largest absolute Gasteiger partial charge is 0.493 e. The van der Waals surface area contributed by atoms with Crippen LogP contribution in [0.3, 0.4) is 0 Å². The Kier molecular flexibility index (Phi) is 3.90. The van der Waals surface area contributed by atoms with Crippen LogP contribution in [0.1, 0.15) is 18.1 Å². The standard InChI is InChI=1S/C15H18N2O2/c1-4-11-5-6-12(13(9-11)18-3)19-15-14(16)10(2)7-8-17-15/h5-9H,4,16H2,1-3H3. The van der Waals surface area contributed by atoms with E-state index in [1.165, 1.54) is 5.56 Å². The molecule has 0 radical (unpaired) electrons. The number of rotatable bonds is 4. The van der Waals surface area contributed by atoms with Crippen molar-refractivity contribution in [3.05, 3.63) is 41.6 Å². The zero-order valence-corrected chi connectivity index (χ0v) is 11.4. The van der Waals surface area contributed by atoms with Crippen LogP contribution in [0.5, 0.6) is 17.4 Å². The molecule has 100 valence electrons. The Balaban J connectivity index is 2.35. The van der Waals surface area contributed by atoms with E-state index in [0.717, 1.165) is 12.0 Å². The maximum absolute atomic E-state index is 5.95. The van der Waals surface area contributed by atoms with Gasteiger partial charge in [0.2, 0.25) is 5.88 Å². The third-order valence-corrected chi connectivity index (χ3v) is 3.01. The molecule has 1 aromatic carbocycles. The van der Waals surface area contributed by atoms with Gasteiger partial charge in [0.15, 0.2) is 11.5 Å². The van der Waals surface area contributed by atoms with E-state index in [1.54, 1.807) is 13.3 Å². The van der Waals surface area contributed by atoms with E-state index >= 15 is 0 Å². The van der Waals surface area contributed by atoms with Crippen molar-refractivity contribution < 1.29 is 9.47 Å². The summed E-state index contributed by atoms with van der Waals surface area (Å²) in [6.07, 6.45) is 2.62. The first-order valence-corrected chi connectivity index (χ1v) is 6.21. The number of methoxy groups -OCH3 is 1. The quantitative estimate of drug-likeness (QED) is 0.913. The number of aromatic nitrogens is 1. The topological polar surface area (TPSA) is 57.4 Å². The predicted molar refractivity (Wildman–Crippen MR) is 75.8 cm³/mol. The summed E-state index contributed by atoms with van der Waals surface area (Å²) in [4.78, 5) is 4.15. The zero-order valence-electron chi connectivity index (χ0n) is 11.4. The minimum Gasteiger partial charge on any atom is -0.493 e. The van der Waals surface area contributed by atoms with E-state index in [9.17, 15) is 0 Å². The van der Waals surface area contributed by atoms with Gasteiger partial charge in [-0.2, -0.15) is 0 Å². The summed E-state index contributed by atoms with van der Waals surface area (Å²) < 4.78 is 11.1. The first-order valence-electron chi connectivity index (χ1n) is 6.21. The SMILES string of the molecule is CCc1ccc(Oc2nccc(C)c2N)c(OC)c1. The highest BCUT2D eigenvalue weighted by molar-refractivity contribution is 5.56. The average molecular weight is 258 g/mol. The van der Waals surface area contributed by atoms with Crippen LogP contribution in [0.2, 0.25) is 0 Å². The fraction of sp³-hybridized carbons (Fsp3) is 0.267. The molecule has 4 heteroatoms. The molecule has 0 aliphatic rings. The maximum atomic E-state index is 5.95. The van der Waals surface area contributed by atoms with E-state index in [1.807, 2.05) is 31.2 Å². The highest BCUT2D eigenvalue weighted by Gasteiger charge is 2.10. The summed E-state index contributed by atoms with van der Waals surface area (Å²) in [5, 5.41) is 0. The van der Waals surface area contributed by atoms with Crippen LogP contribution in [0.25, 0.3) is 0 Å². The third-order valence-electron chi connectivity index (χ3n) is 3.01. The molecule has 0 atom stereocenters. The second kappa shape index (κ2) is 5.61. The summed E-state index contributed by atoms with van der Waals surface area (Å²) in [7, 11) is 1.62. The molecular formula is C15H18N2O2. The van der Waals surface area contributed by atoms with E-state index in [-0.39, 0.29) is 0 Å². The van der Waals surface area contributed by atoms with Gasteiger partial charge in [0.25, 0.3) is 0 Å². The highest BCUT2D eigenvalue weighted by Crippen LogP contribution is 2.34. The Hall–Kier alpha value is -2.23. The molecule has 1 heterocycles. The molecule has 1 aromatic heterocycles. The number of nitrogen functional groups attached to an aromatic ring is 1. The molecule has 4 nitrogen and oxygen atoms in total. The van der Waals surface area contributed by atoms with Crippen molar-refractivity contribution in [3.63, 3.8) is 0 Å². The van der Waals surface area contributed by atoms with Crippen molar-refractivity contribution in [2.45, 2.75) is 20.3 Å². The van der Waals surface area contributed by atoms with Crippen LogP contribution in [0.4, 0.5) is 5.69 Å². The van der Waals surface area contributed by atoms with Gasteiger partial charge in [-0.25, -0.2) is 4.98 Å². The molecule has 0 bridgehead atoms. The van der Waals surface area contributed by atoms with Crippen molar-refractivity contribution in [1.82, 2.24) is 4.98 Å². The first-order chi connectivity index (χ1) is 9.15. The van der Waals surface area contributed by atoms with Crippen molar-refractivity contribution >= 4 is 5.69 Å². The Morgan fingerprint density at radius 3 is 2.68 bits per heavy atom. The molecule has 0 fully saturated rings. The van der Waals surface area contributed by atoms with Gasteiger partial charge in [0.05, 0.1) is 12.8 Å². The van der Waals surface area contributed by atoms with Crippen LogP contribution in [0, 0.1) is 6.92 Å². The Morgan fingerprint density at radius 2 is 2.00 bits per heavy atom. The number of nitrogens with zero attached hydrogens (tertiary/aromatic N) is 1. The molecule has 19 heavy (non-hydrogen) atoms. The molecule has 2 rings (SSSR count). The second-order valence-corrected chi connectivity index (χ2v) is 4.29. The summed E-state index contributed by atoms with van der Waals surface area (Å²) in [5.74, 6) is 1.70. The molecule has 0 unspecified atom stereocenters. The number of anilines is 1. The molecule has 0 saturated carbocycles. The normalized spacial score (nSPS) is 10.3. The van der Waals surface area contributed by atoms with Gasteiger partial charge in [0, 0.05) is 6.20 Å². The molecule has 0 saturated heterocycles. The van der Waals surface area contributed by atoms with E-state index < -0.39 is 0 Å². The molecule has 2 aromatic rings. The molecule has 0 aliphatic heterocycles. The third kappa shape index (κ3) is 2.78. The second-order valence-electron chi connectivity index (χ2n) is 4.29. The van der Waals surface area contributed by atoms with Crippen molar-refractivity contribution in [2.24, 2.45) is 0 Å². The number of hydrogen-bond acceptors (Lipinski definition) is 4. The van der Waals surface area contributed by atoms with Crippen LogP contribution >= 0.6 is 0 Å². The van der Waals surface area contributed by atoms with Crippen LogP contribution < -0.4 is 15.2 Å². The molecule has 0 amide bonds. The van der Waals surface area contributed by atoms with Gasteiger partial charge in [-0.05, 0) is 42.7 Å². The van der Waals surface area contributed by atoms with Gasteiger partial charge in [-0.1, -0.05) is 13.0 Å². The fourth-order valence-corrected chi connectivity index (χ4v) is 1.75. The number of benzene rings is 1.